The van der Waals surface area contributed by atoms with Crippen molar-refractivity contribution >= 4 is 92.8 Å². The number of nitrogens with two attached hydrogens (primary N) is 1. The fraction of sp³-hybridized carbons (Fsp3) is 0.377. The van der Waals surface area contributed by atoms with Crippen LogP contribution in [0.5, 0.6) is 5.75 Å². The molecule has 15 N–H and O–H groups in total. The number of hydrogen-bond donors (Lipinski definition) is 14. The second-order valence-corrected chi connectivity index (χ2v) is 25.1. The van der Waals surface area contributed by atoms with Crippen molar-refractivity contribution in [3.8, 4) is 5.75 Å². The fourth-order valence-corrected chi connectivity index (χ4v) is 12.3. The summed E-state index contributed by atoms with van der Waals surface area (Å²) in [5.41, 5.74) is 7.10. The van der Waals surface area contributed by atoms with E-state index in [1.165, 1.54) is 100 Å². The summed E-state index contributed by atoms with van der Waals surface area (Å²) in [4.78, 5) is 184. The molecule has 31 heteroatoms. The van der Waals surface area contributed by atoms with Gasteiger partial charge in [0.2, 0.25) is 59.1 Å². The van der Waals surface area contributed by atoms with E-state index >= 15 is 19.2 Å². The van der Waals surface area contributed by atoms with Gasteiger partial charge in [0.15, 0.2) is 0 Å². The highest BCUT2D eigenvalue weighted by Gasteiger charge is 2.49. The van der Waals surface area contributed by atoms with E-state index in [1.807, 2.05) is 0 Å². The molecule has 29 nitrogen and oxygen atoms in total. The first-order valence-corrected chi connectivity index (χ1v) is 32.5. The number of hydrogen-bond acceptors (Lipinski definition) is 14. The van der Waals surface area contributed by atoms with Gasteiger partial charge in [-0.25, -0.2) is 13.8 Å². The molecule has 10 rings (SSSR count). The van der Waals surface area contributed by atoms with Crippen LogP contribution in [0.2, 0.25) is 0 Å². The second kappa shape index (κ2) is 32.7. The number of carbonyl (C=O) groups excluding carboxylic acids is 11. The standard InChI is InChI=1S/C69H79F2N15O14/c1-36-60(91)80-53(26-41-32-75-49-19-15-43(70)28-47(41)49)63(94)81-54(27-42-33-76-50-20-16-44(71)29-48(42)50)64(95)83-56(31-58(88)89)66(97)82-55(30-45-34-73-35-77-45)65(96)84-57(25-39-11-17-46(100-4)18-12-39)67(98)86-23-7-21-69(86,3)68(99)85-52(59(72)90)24-38-9-13-40(14-10-38)61(92)74-22-6-5-8-51(62(93)78-36)79-37(2)87/h9-20,28-29,32-36,51-57,75-76H,5-8,21-27,30-31H2,1-4H3,(H2,72,90)(H,73,77)(H,74,92)(H,78,93)(H,79,87)(H,80,91)(H,81,94)(H,82,97)(H,83,95)(H,84,96)(H,85,99)(H,88,89)/t36-,51-,52+,53+,54+,55+,56+,57+,69+/m1/s1. The molecular weight excluding hydrogens is 1300 g/mol. The Morgan fingerprint density at radius 1 is 0.670 bits per heavy atom. The van der Waals surface area contributed by atoms with Gasteiger partial charge in [0.1, 0.15) is 71.3 Å². The highest BCUT2D eigenvalue weighted by Crippen LogP contribution is 2.32. The molecule has 100 heavy (non-hydrogen) atoms. The predicted octanol–water partition coefficient (Wildman–Crippen LogP) is 1.35. The van der Waals surface area contributed by atoms with Gasteiger partial charge >= 0.3 is 5.97 Å². The van der Waals surface area contributed by atoms with Crippen LogP contribution >= 0.6 is 0 Å². The van der Waals surface area contributed by atoms with Crippen LogP contribution in [0.1, 0.15) is 97.6 Å². The van der Waals surface area contributed by atoms with E-state index in [0.717, 1.165) is 6.07 Å². The zero-order valence-electron chi connectivity index (χ0n) is 55.2. The Morgan fingerprint density at radius 3 is 1.80 bits per heavy atom. The van der Waals surface area contributed by atoms with E-state index in [-0.39, 0.29) is 73.8 Å². The Morgan fingerprint density at radius 2 is 1.24 bits per heavy atom. The smallest absolute Gasteiger partial charge is 0.305 e. The molecular formula is C69H79F2N15O14. The van der Waals surface area contributed by atoms with Crippen molar-refractivity contribution in [2.75, 3.05) is 20.2 Å². The van der Waals surface area contributed by atoms with Crippen molar-refractivity contribution in [3.63, 3.8) is 0 Å². The highest BCUT2D eigenvalue weighted by atomic mass is 19.1. The Labute approximate surface area is 571 Å². The Balaban J connectivity index is 1.08. The van der Waals surface area contributed by atoms with Gasteiger partial charge in [-0.1, -0.05) is 24.3 Å². The molecule has 0 radical (unpaired) electrons. The monoisotopic (exact) mass is 1380 g/mol. The number of halogens is 2. The van der Waals surface area contributed by atoms with Crippen LogP contribution < -0.4 is 58.3 Å². The maximum Gasteiger partial charge on any atom is 0.305 e. The van der Waals surface area contributed by atoms with Crippen molar-refractivity contribution in [1.82, 2.24) is 72.7 Å². The number of nitrogens with zero attached hydrogens (tertiary/aromatic N) is 2. The number of benzene rings is 4. The number of carbonyl (C=O) groups is 12. The number of ether oxygens (including phenoxy) is 1. The third-order valence-electron chi connectivity index (χ3n) is 17.8. The summed E-state index contributed by atoms with van der Waals surface area (Å²) >= 11 is 0. The van der Waals surface area contributed by atoms with Crippen molar-refractivity contribution in [1.29, 1.82) is 0 Å². The summed E-state index contributed by atoms with van der Waals surface area (Å²) in [5, 5.41) is 34.5. The minimum Gasteiger partial charge on any atom is -0.497 e. The minimum atomic E-state index is -2.05. The lowest BCUT2D eigenvalue weighted by Crippen LogP contribution is -2.63. The van der Waals surface area contributed by atoms with E-state index in [1.54, 1.807) is 36.4 Å². The number of aliphatic carboxylic acids is 1. The maximum atomic E-state index is 15.3. The molecule has 1 saturated heterocycles. The number of H-pyrrole nitrogens is 3. The summed E-state index contributed by atoms with van der Waals surface area (Å²) in [7, 11) is 1.45. The van der Waals surface area contributed by atoms with Gasteiger partial charge in [0, 0.05) is 104 Å². The molecule has 0 aliphatic carbocycles. The van der Waals surface area contributed by atoms with E-state index in [4.69, 9.17) is 10.5 Å². The normalized spacial score (nSPS) is 23.2. The number of rotatable bonds is 13. The number of methoxy groups -OCH3 is 1. The lowest BCUT2D eigenvalue weighted by Gasteiger charge is -2.37. The molecule has 528 valence electrons. The van der Waals surface area contributed by atoms with Crippen molar-refractivity contribution in [2.45, 2.75) is 145 Å². The molecule has 0 spiro atoms. The molecule has 1 fully saturated rings. The van der Waals surface area contributed by atoms with Crippen LogP contribution in [-0.4, -0.2) is 175 Å². The number of aromatic nitrogens is 4. The SMILES string of the molecule is COc1ccc(C[C@@H]2NC(=O)[C@H](Cc3cnc[nH]3)NC(=O)[C@H](CC(=O)O)NC(=O)[C@H](Cc3c[nH]c4ccc(F)cc34)NC(=O)[C@H](Cc3c[nH]c4ccc(F)cc34)NC(=O)[C@@H](C)NC(=O)[C@H](NC(C)=O)CCCCNC(=O)c3ccc(cc3)C[C@@H](C(N)=O)NC(=O)[C@]3(C)CCCN3C2=O)cc1. The van der Waals surface area contributed by atoms with Gasteiger partial charge in [-0.05, 0) is 129 Å². The zero-order chi connectivity index (χ0) is 71.9. The third-order valence-corrected chi connectivity index (χ3v) is 17.8. The Bertz CT molecular complexity index is 4200. The van der Waals surface area contributed by atoms with Crippen LogP contribution in [-0.2, 0) is 84.8 Å². The molecule has 9 atom stereocenters. The number of carboxylic acid groups (broad SMARTS) is 1. The summed E-state index contributed by atoms with van der Waals surface area (Å²) < 4.78 is 35.2. The van der Waals surface area contributed by atoms with Gasteiger partial charge in [-0.3, -0.25) is 57.5 Å². The first-order valence-electron chi connectivity index (χ1n) is 32.5. The van der Waals surface area contributed by atoms with Crippen molar-refractivity contribution in [2.24, 2.45) is 5.73 Å². The van der Waals surface area contributed by atoms with E-state index < -0.39 is 156 Å². The van der Waals surface area contributed by atoms with E-state index in [9.17, 15) is 52.2 Å². The molecule has 2 bridgehead atoms. The molecule has 11 amide bonds. The number of amides is 11. The minimum absolute atomic E-state index is 0.000578. The third kappa shape index (κ3) is 18.6. The molecule has 6 heterocycles. The molecule has 0 saturated carbocycles. The van der Waals surface area contributed by atoms with Gasteiger partial charge in [-0.2, -0.15) is 0 Å². The van der Waals surface area contributed by atoms with Crippen LogP contribution in [0.4, 0.5) is 8.78 Å². The van der Waals surface area contributed by atoms with Crippen molar-refractivity contribution in [3.05, 3.63) is 155 Å². The lowest BCUT2D eigenvalue weighted by molar-refractivity contribution is -0.147. The largest absolute Gasteiger partial charge is 0.497 e. The first kappa shape index (κ1) is 72.7. The predicted molar refractivity (Wildman–Crippen MR) is 357 cm³/mol. The molecule has 3 aromatic heterocycles. The number of fused-ring (bicyclic) bond motifs is 32. The number of carboxylic acids is 1. The average Bonchev–Trinajstić information content (AvgIpc) is 1.59. The van der Waals surface area contributed by atoms with Gasteiger partial charge < -0.3 is 83.3 Å². The van der Waals surface area contributed by atoms with Gasteiger partial charge in [-0.15, -0.1) is 0 Å². The van der Waals surface area contributed by atoms with Crippen molar-refractivity contribution < 1.29 is 76.2 Å². The Kier molecular flexibility index (Phi) is 23.8. The number of imidazole rings is 1. The maximum absolute atomic E-state index is 15.3. The molecule has 3 aliphatic rings. The number of primary amides is 1. The summed E-state index contributed by atoms with van der Waals surface area (Å²) in [6.07, 6.45) is 3.78. The quantitative estimate of drug-likeness (QED) is 0.0725. The number of aromatic amines is 3. The lowest BCUT2D eigenvalue weighted by atomic mass is 9.94. The topological polar surface area (TPSA) is 432 Å². The van der Waals surface area contributed by atoms with Crippen LogP contribution in [0, 0.1) is 11.6 Å². The highest BCUT2D eigenvalue weighted by molar-refractivity contribution is 6.01. The second-order valence-electron chi connectivity index (χ2n) is 25.1. The average molecular weight is 1380 g/mol. The molecule has 4 aromatic carbocycles. The summed E-state index contributed by atoms with van der Waals surface area (Å²) in [6.45, 7) is 4.11. The molecule has 0 unspecified atom stereocenters. The molecule has 7 aromatic rings. The summed E-state index contributed by atoms with van der Waals surface area (Å²) in [5.74, 6) is -12.2. The number of nitrogens with one attached hydrogen (secondary N) is 12. The first-order chi connectivity index (χ1) is 47.7. The van der Waals surface area contributed by atoms with Gasteiger partial charge in [0.05, 0.1) is 19.9 Å². The Hall–Kier alpha value is -11.5. The van der Waals surface area contributed by atoms with Gasteiger partial charge in [0.25, 0.3) is 5.91 Å². The zero-order valence-corrected chi connectivity index (χ0v) is 55.2. The van der Waals surface area contributed by atoms with Crippen LogP contribution in [0.15, 0.2) is 110 Å². The fourth-order valence-electron chi connectivity index (χ4n) is 12.3. The van der Waals surface area contributed by atoms with Crippen LogP contribution in [0.3, 0.4) is 0 Å². The molecule has 3 aliphatic heterocycles. The van der Waals surface area contributed by atoms with Crippen LogP contribution in [0.25, 0.3) is 21.8 Å². The summed E-state index contributed by atoms with van der Waals surface area (Å²) in [6, 6.07) is 7.59. The van der Waals surface area contributed by atoms with E-state index in [0.29, 0.717) is 51.7 Å². The van der Waals surface area contributed by atoms with E-state index in [2.05, 4.69) is 67.8 Å².